The topological polar surface area (TPSA) is 88.9 Å². The van der Waals surface area contributed by atoms with E-state index < -0.39 is 0 Å². The third kappa shape index (κ3) is 4.98. The van der Waals surface area contributed by atoms with Gasteiger partial charge in [-0.15, -0.1) is 0 Å². The molecule has 0 bridgehead atoms. The predicted octanol–water partition coefficient (Wildman–Crippen LogP) is 4.44. The van der Waals surface area contributed by atoms with E-state index in [-0.39, 0.29) is 11.8 Å². The fourth-order valence-electron chi connectivity index (χ4n) is 3.59. The minimum atomic E-state index is -0.189. The third-order valence-corrected chi connectivity index (χ3v) is 5.23. The highest BCUT2D eigenvalue weighted by molar-refractivity contribution is 5.95. The van der Waals surface area contributed by atoms with E-state index in [1.807, 2.05) is 68.4 Å². The number of aromatic nitrogens is 3. The first-order valence-electron chi connectivity index (χ1n) is 10.6. The van der Waals surface area contributed by atoms with E-state index in [9.17, 15) is 9.59 Å². The molecule has 2 aromatic heterocycles. The van der Waals surface area contributed by atoms with Crippen molar-refractivity contribution in [2.75, 3.05) is 5.32 Å². The summed E-state index contributed by atoms with van der Waals surface area (Å²) >= 11 is 0. The van der Waals surface area contributed by atoms with Gasteiger partial charge in [0.05, 0.1) is 23.6 Å². The highest BCUT2D eigenvalue weighted by Gasteiger charge is 2.19. The second-order valence-electron chi connectivity index (χ2n) is 7.82. The SMILES string of the molecule is CC(=O)Nc1c(-c2ccc(C)cc2)c(C)nn1-c1ccc(C(=O)NCc2ccccn2)cc1. The molecule has 0 atom stereocenters. The minimum absolute atomic E-state index is 0.185. The number of hydrogen-bond donors (Lipinski definition) is 2. The van der Waals surface area contributed by atoms with E-state index in [2.05, 4.69) is 20.7 Å². The number of anilines is 1. The van der Waals surface area contributed by atoms with Crippen LogP contribution in [0.25, 0.3) is 16.8 Å². The number of amides is 2. The van der Waals surface area contributed by atoms with Crippen molar-refractivity contribution in [3.8, 4) is 16.8 Å². The molecule has 0 saturated heterocycles. The van der Waals surface area contributed by atoms with E-state index in [1.54, 1.807) is 23.0 Å². The van der Waals surface area contributed by atoms with E-state index in [1.165, 1.54) is 6.92 Å². The van der Waals surface area contributed by atoms with Crippen molar-refractivity contribution in [3.63, 3.8) is 0 Å². The number of nitrogens with zero attached hydrogens (tertiary/aromatic N) is 3. The summed E-state index contributed by atoms with van der Waals surface area (Å²) in [6, 6.07) is 20.8. The van der Waals surface area contributed by atoms with Gasteiger partial charge in [0.25, 0.3) is 5.91 Å². The molecule has 0 saturated carbocycles. The fraction of sp³-hybridized carbons (Fsp3) is 0.154. The van der Waals surface area contributed by atoms with Gasteiger partial charge in [-0.3, -0.25) is 14.6 Å². The van der Waals surface area contributed by atoms with Crippen molar-refractivity contribution in [2.45, 2.75) is 27.3 Å². The Morgan fingerprint density at radius 3 is 2.30 bits per heavy atom. The lowest BCUT2D eigenvalue weighted by molar-refractivity contribution is -0.114. The summed E-state index contributed by atoms with van der Waals surface area (Å²) in [6.45, 7) is 5.77. The van der Waals surface area contributed by atoms with Gasteiger partial charge in [0.1, 0.15) is 5.82 Å². The van der Waals surface area contributed by atoms with Crippen LogP contribution in [0.1, 0.15) is 34.2 Å². The summed E-state index contributed by atoms with van der Waals surface area (Å²) in [5.41, 5.74) is 5.83. The van der Waals surface area contributed by atoms with Crippen molar-refractivity contribution >= 4 is 17.6 Å². The molecule has 0 fully saturated rings. The normalized spacial score (nSPS) is 10.6. The van der Waals surface area contributed by atoms with E-state index in [0.29, 0.717) is 17.9 Å². The van der Waals surface area contributed by atoms with Gasteiger partial charge in [-0.1, -0.05) is 35.9 Å². The average molecular weight is 440 g/mol. The van der Waals surface area contributed by atoms with Crippen molar-refractivity contribution < 1.29 is 9.59 Å². The Balaban J connectivity index is 1.62. The molecule has 7 nitrogen and oxygen atoms in total. The van der Waals surface area contributed by atoms with Crippen molar-refractivity contribution in [2.24, 2.45) is 0 Å². The quantitative estimate of drug-likeness (QED) is 0.465. The zero-order chi connectivity index (χ0) is 23.4. The summed E-state index contributed by atoms with van der Waals surface area (Å²) in [5.74, 6) is 0.220. The van der Waals surface area contributed by atoms with E-state index >= 15 is 0 Å². The molecular weight excluding hydrogens is 414 g/mol. The first kappa shape index (κ1) is 22.0. The maximum Gasteiger partial charge on any atom is 0.251 e. The monoisotopic (exact) mass is 439 g/mol. The molecule has 2 N–H and O–H groups in total. The van der Waals surface area contributed by atoms with Crippen molar-refractivity contribution in [1.29, 1.82) is 0 Å². The number of aryl methyl sites for hydroxylation is 2. The molecule has 0 aliphatic heterocycles. The lowest BCUT2D eigenvalue weighted by Crippen LogP contribution is -2.23. The van der Waals surface area contributed by atoms with Crippen molar-refractivity contribution in [1.82, 2.24) is 20.1 Å². The summed E-state index contributed by atoms with van der Waals surface area (Å²) in [7, 11) is 0. The lowest BCUT2D eigenvalue weighted by Gasteiger charge is -2.11. The summed E-state index contributed by atoms with van der Waals surface area (Å²) < 4.78 is 1.70. The van der Waals surface area contributed by atoms with Crippen LogP contribution >= 0.6 is 0 Å². The van der Waals surface area contributed by atoms with Crippen LogP contribution in [0.15, 0.2) is 72.9 Å². The maximum absolute atomic E-state index is 12.5. The molecule has 4 aromatic rings. The first-order chi connectivity index (χ1) is 15.9. The van der Waals surface area contributed by atoms with Crippen LogP contribution in [-0.4, -0.2) is 26.6 Å². The molecule has 0 aliphatic carbocycles. The standard InChI is InChI=1S/C26H25N5O2/c1-17-7-9-20(10-8-17)24-18(2)30-31(25(24)29-19(3)32)23-13-11-21(12-14-23)26(33)28-16-22-6-4-5-15-27-22/h4-15H,16H2,1-3H3,(H,28,33)(H,29,32). The highest BCUT2D eigenvalue weighted by Crippen LogP contribution is 2.33. The van der Waals surface area contributed by atoms with Gasteiger partial charge in [0, 0.05) is 24.2 Å². The molecule has 0 radical (unpaired) electrons. The van der Waals surface area contributed by atoms with Crippen LogP contribution < -0.4 is 10.6 Å². The number of nitrogens with one attached hydrogen (secondary N) is 2. The van der Waals surface area contributed by atoms with E-state index in [0.717, 1.165) is 33.8 Å². The van der Waals surface area contributed by atoms with Gasteiger partial charge >= 0.3 is 0 Å². The average Bonchev–Trinajstić information content (AvgIpc) is 3.14. The first-order valence-corrected chi connectivity index (χ1v) is 10.6. The Morgan fingerprint density at radius 2 is 1.67 bits per heavy atom. The van der Waals surface area contributed by atoms with Crippen LogP contribution in [0.5, 0.6) is 0 Å². The molecule has 0 unspecified atom stereocenters. The van der Waals surface area contributed by atoms with Gasteiger partial charge in [-0.25, -0.2) is 4.68 Å². The van der Waals surface area contributed by atoms with Crippen LogP contribution in [0.2, 0.25) is 0 Å². The molecule has 166 valence electrons. The number of benzene rings is 2. The Kier molecular flexibility index (Phi) is 6.31. The number of pyridine rings is 1. The zero-order valence-electron chi connectivity index (χ0n) is 18.8. The second-order valence-corrected chi connectivity index (χ2v) is 7.82. The summed E-state index contributed by atoms with van der Waals surface area (Å²) in [5, 5.41) is 10.5. The maximum atomic E-state index is 12.5. The fourth-order valence-corrected chi connectivity index (χ4v) is 3.59. The second kappa shape index (κ2) is 9.48. The molecule has 0 spiro atoms. The smallest absolute Gasteiger partial charge is 0.251 e. The van der Waals surface area contributed by atoms with Crippen molar-refractivity contribution in [3.05, 3.63) is 95.4 Å². The number of hydrogen-bond acceptors (Lipinski definition) is 4. The van der Waals surface area contributed by atoms with Crippen LogP contribution in [-0.2, 0) is 11.3 Å². The zero-order valence-corrected chi connectivity index (χ0v) is 18.8. The Morgan fingerprint density at radius 1 is 0.939 bits per heavy atom. The molecule has 0 aliphatic rings. The van der Waals surface area contributed by atoms with Crippen LogP contribution in [0, 0.1) is 13.8 Å². The molecule has 4 rings (SSSR count). The van der Waals surface area contributed by atoms with Gasteiger partial charge in [-0.05, 0) is 55.8 Å². The molecule has 2 aromatic carbocycles. The lowest BCUT2D eigenvalue weighted by atomic mass is 10.0. The number of carbonyl (C=O) groups is 2. The van der Waals surface area contributed by atoms with Gasteiger partial charge in [0.2, 0.25) is 5.91 Å². The minimum Gasteiger partial charge on any atom is -0.346 e. The molecule has 2 heterocycles. The van der Waals surface area contributed by atoms with Crippen LogP contribution in [0.3, 0.4) is 0 Å². The van der Waals surface area contributed by atoms with Gasteiger partial charge in [0.15, 0.2) is 0 Å². The molecule has 2 amide bonds. The van der Waals surface area contributed by atoms with Gasteiger partial charge in [-0.2, -0.15) is 5.10 Å². The third-order valence-electron chi connectivity index (χ3n) is 5.23. The number of rotatable bonds is 6. The number of carbonyl (C=O) groups excluding carboxylic acids is 2. The van der Waals surface area contributed by atoms with Gasteiger partial charge < -0.3 is 10.6 Å². The summed E-state index contributed by atoms with van der Waals surface area (Å²) in [4.78, 5) is 28.7. The molecule has 7 heteroatoms. The predicted molar refractivity (Wildman–Crippen MR) is 128 cm³/mol. The van der Waals surface area contributed by atoms with E-state index in [4.69, 9.17) is 0 Å². The summed E-state index contributed by atoms with van der Waals surface area (Å²) in [6.07, 6.45) is 1.69. The Hall–Kier alpha value is -4.26. The Bertz CT molecular complexity index is 1280. The molecular formula is C26H25N5O2. The Labute approximate surface area is 192 Å². The highest BCUT2D eigenvalue weighted by atomic mass is 16.2. The largest absolute Gasteiger partial charge is 0.346 e. The van der Waals surface area contributed by atoms with Crippen LogP contribution in [0.4, 0.5) is 5.82 Å². The molecule has 33 heavy (non-hydrogen) atoms.